The van der Waals surface area contributed by atoms with Crippen molar-refractivity contribution in [1.29, 1.82) is 0 Å². The van der Waals surface area contributed by atoms with E-state index in [1.807, 2.05) is 6.26 Å². The highest BCUT2D eigenvalue weighted by molar-refractivity contribution is 5.10. The van der Waals surface area contributed by atoms with E-state index in [1.165, 1.54) is 18.4 Å². The minimum atomic E-state index is 0.380. The third-order valence-corrected chi connectivity index (χ3v) is 3.83. The highest BCUT2D eigenvalue weighted by atomic mass is 16.5. The summed E-state index contributed by atoms with van der Waals surface area (Å²) in [5, 5.41) is 3.43. The van der Waals surface area contributed by atoms with E-state index in [-0.39, 0.29) is 0 Å². The molecule has 0 aromatic carbocycles. The van der Waals surface area contributed by atoms with E-state index in [9.17, 15) is 0 Å². The SMILES string of the molecule is CNC(CC(C)C(C)(C)C)C1=COCCC1. The Hall–Kier alpha value is -0.500. The number of ether oxygens (including phenoxy) is 1. The molecule has 1 heterocycles. The Kier molecular flexibility index (Phi) is 4.85. The van der Waals surface area contributed by atoms with Crippen molar-refractivity contribution in [3.8, 4) is 0 Å². The van der Waals surface area contributed by atoms with Crippen LogP contribution in [0.3, 0.4) is 0 Å². The van der Waals surface area contributed by atoms with Crippen molar-refractivity contribution in [2.45, 2.75) is 53.0 Å². The zero-order valence-electron chi connectivity index (χ0n) is 11.5. The normalized spacial score (nSPS) is 20.9. The Morgan fingerprint density at radius 2 is 2.12 bits per heavy atom. The first-order chi connectivity index (χ1) is 7.45. The van der Waals surface area contributed by atoms with E-state index in [2.05, 4.69) is 40.1 Å². The quantitative estimate of drug-likeness (QED) is 0.792. The fourth-order valence-electron chi connectivity index (χ4n) is 2.00. The molecule has 1 rings (SSSR count). The maximum atomic E-state index is 5.43. The Morgan fingerprint density at radius 1 is 1.44 bits per heavy atom. The van der Waals surface area contributed by atoms with Crippen molar-refractivity contribution in [2.75, 3.05) is 13.7 Å². The molecule has 0 spiro atoms. The molecule has 1 N–H and O–H groups in total. The van der Waals surface area contributed by atoms with Gasteiger partial charge in [0.2, 0.25) is 0 Å². The molecule has 2 heteroatoms. The van der Waals surface area contributed by atoms with Gasteiger partial charge in [-0.25, -0.2) is 0 Å². The summed E-state index contributed by atoms with van der Waals surface area (Å²) in [6.07, 6.45) is 5.51. The van der Waals surface area contributed by atoms with Gasteiger partial charge in [0.25, 0.3) is 0 Å². The Balaban J connectivity index is 2.58. The second kappa shape index (κ2) is 5.72. The molecule has 16 heavy (non-hydrogen) atoms. The van der Waals surface area contributed by atoms with Crippen LogP contribution < -0.4 is 5.32 Å². The van der Waals surface area contributed by atoms with Gasteiger partial charge in [0.1, 0.15) is 0 Å². The van der Waals surface area contributed by atoms with E-state index in [0.717, 1.165) is 13.0 Å². The molecular formula is C14H27NO. The van der Waals surface area contributed by atoms with Crippen LogP contribution in [0.2, 0.25) is 0 Å². The van der Waals surface area contributed by atoms with E-state index in [4.69, 9.17) is 4.74 Å². The van der Waals surface area contributed by atoms with Gasteiger partial charge in [0, 0.05) is 6.04 Å². The van der Waals surface area contributed by atoms with E-state index >= 15 is 0 Å². The monoisotopic (exact) mass is 225 g/mol. The molecule has 2 atom stereocenters. The topological polar surface area (TPSA) is 21.3 Å². The van der Waals surface area contributed by atoms with Crippen LogP contribution in [0.15, 0.2) is 11.8 Å². The first-order valence-corrected chi connectivity index (χ1v) is 6.43. The molecule has 2 unspecified atom stereocenters. The zero-order valence-corrected chi connectivity index (χ0v) is 11.5. The van der Waals surface area contributed by atoms with E-state index in [1.54, 1.807) is 0 Å². The number of likely N-dealkylation sites (N-methyl/N-ethyl adjacent to an activating group) is 1. The fourth-order valence-corrected chi connectivity index (χ4v) is 2.00. The van der Waals surface area contributed by atoms with E-state index in [0.29, 0.717) is 17.4 Å². The standard InChI is InChI=1S/C14H27NO/c1-11(14(2,3)4)9-13(15-5)12-7-6-8-16-10-12/h10-11,13,15H,6-9H2,1-5H3. The lowest BCUT2D eigenvalue weighted by atomic mass is 9.77. The van der Waals surface area contributed by atoms with Crippen molar-refractivity contribution >= 4 is 0 Å². The first-order valence-electron chi connectivity index (χ1n) is 6.43. The molecule has 0 fully saturated rings. The van der Waals surface area contributed by atoms with Gasteiger partial charge in [-0.1, -0.05) is 27.7 Å². The molecule has 0 amide bonds. The van der Waals surface area contributed by atoms with Gasteiger partial charge in [-0.05, 0) is 43.2 Å². The number of hydrogen-bond acceptors (Lipinski definition) is 2. The Bertz CT molecular complexity index is 240. The molecule has 2 nitrogen and oxygen atoms in total. The fraction of sp³-hybridized carbons (Fsp3) is 0.857. The molecule has 0 saturated heterocycles. The molecule has 0 bridgehead atoms. The van der Waals surface area contributed by atoms with Crippen LogP contribution in [0.5, 0.6) is 0 Å². The molecule has 0 aromatic rings. The molecule has 0 radical (unpaired) electrons. The molecule has 0 saturated carbocycles. The molecule has 0 aliphatic carbocycles. The third-order valence-electron chi connectivity index (χ3n) is 3.83. The molecular weight excluding hydrogens is 198 g/mol. The van der Waals surface area contributed by atoms with Crippen LogP contribution in [0.1, 0.15) is 47.0 Å². The van der Waals surface area contributed by atoms with Crippen molar-refractivity contribution in [1.82, 2.24) is 5.32 Å². The summed E-state index contributed by atoms with van der Waals surface area (Å²) in [6, 6.07) is 0.481. The largest absolute Gasteiger partial charge is 0.501 e. The van der Waals surface area contributed by atoms with Crippen molar-refractivity contribution in [3.05, 3.63) is 11.8 Å². The van der Waals surface area contributed by atoms with E-state index < -0.39 is 0 Å². The number of rotatable bonds is 4. The molecule has 1 aliphatic heterocycles. The summed E-state index contributed by atoms with van der Waals surface area (Å²) in [6.45, 7) is 10.2. The van der Waals surface area contributed by atoms with Crippen molar-refractivity contribution in [3.63, 3.8) is 0 Å². The Labute approximate surface area is 100 Å². The van der Waals surface area contributed by atoms with Gasteiger partial charge in [-0.3, -0.25) is 0 Å². The lowest BCUT2D eigenvalue weighted by Crippen LogP contribution is -2.33. The lowest BCUT2D eigenvalue weighted by Gasteiger charge is -2.32. The van der Waals surface area contributed by atoms with Crippen LogP contribution in [0, 0.1) is 11.3 Å². The summed E-state index contributed by atoms with van der Waals surface area (Å²) in [5.41, 5.74) is 1.82. The minimum absolute atomic E-state index is 0.380. The van der Waals surface area contributed by atoms with Gasteiger partial charge in [-0.15, -0.1) is 0 Å². The third kappa shape index (κ3) is 3.82. The highest BCUT2D eigenvalue weighted by Gasteiger charge is 2.25. The smallest absolute Gasteiger partial charge is 0.0876 e. The maximum Gasteiger partial charge on any atom is 0.0876 e. The number of nitrogens with one attached hydrogen (secondary N) is 1. The molecule has 1 aliphatic rings. The summed E-state index contributed by atoms with van der Waals surface area (Å²) < 4.78 is 5.43. The number of hydrogen-bond donors (Lipinski definition) is 1. The van der Waals surface area contributed by atoms with Gasteiger partial charge < -0.3 is 10.1 Å². The van der Waals surface area contributed by atoms with Crippen LogP contribution in [0.4, 0.5) is 0 Å². The second-order valence-corrected chi connectivity index (χ2v) is 6.01. The summed E-state index contributed by atoms with van der Waals surface area (Å²) in [4.78, 5) is 0. The Morgan fingerprint density at radius 3 is 2.56 bits per heavy atom. The summed E-state index contributed by atoms with van der Waals surface area (Å²) in [5.74, 6) is 0.702. The zero-order chi connectivity index (χ0) is 12.2. The van der Waals surface area contributed by atoms with Crippen LogP contribution in [0.25, 0.3) is 0 Å². The van der Waals surface area contributed by atoms with Crippen LogP contribution in [-0.4, -0.2) is 19.7 Å². The minimum Gasteiger partial charge on any atom is -0.501 e. The first kappa shape index (κ1) is 13.6. The average molecular weight is 225 g/mol. The van der Waals surface area contributed by atoms with Crippen LogP contribution in [-0.2, 0) is 4.74 Å². The van der Waals surface area contributed by atoms with Gasteiger partial charge in [0.05, 0.1) is 12.9 Å². The van der Waals surface area contributed by atoms with Gasteiger partial charge >= 0.3 is 0 Å². The predicted octanol–water partition coefficient (Wildman–Crippen LogP) is 3.34. The molecule has 94 valence electrons. The maximum absolute atomic E-state index is 5.43. The second-order valence-electron chi connectivity index (χ2n) is 6.01. The molecule has 0 aromatic heterocycles. The predicted molar refractivity (Wildman–Crippen MR) is 69.4 cm³/mol. The highest BCUT2D eigenvalue weighted by Crippen LogP contribution is 2.31. The lowest BCUT2D eigenvalue weighted by molar-refractivity contribution is 0.204. The summed E-state index contributed by atoms with van der Waals surface area (Å²) >= 11 is 0. The van der Waals surface area contributed by atoms with Gasteiger partial charge in [0.15, 0.2) is 0 Å². The average Bonchev–Trinajstić information content (AvgIpc) is 2.25. The summed E-state index contributed by atoms with van der Waals surface area (Å²) in [7, 11) is 2.05. The van der Waals surface area contributed by atoms with Gasteiger partial charge in [-0.2, -0.15) is 0 Å². The van der Waals surface area contributed by atoms with Crippen molar-refractivity contribution < 1.29 is 4.74 Å². The van der Waals surface area contributed by atoms with Crippen LogP contribution >= 0.6 is 0 Å². The van der Waals surface area contributed by atoms with Crippen molar-refractivity contribution in [2.24, 2.45) is 11.3 Å².